The predicted octanol–water partition coefficient (Wildman–Crippen LogP) is 3.30. The van der Waals surface area contributed by atoms with Crippen LogP contribution in [0.15, 0.2) is 47.5 Å². The molecule has 10 heteroatoms. The zero-order valence-electron chi connectivity index (χ0n) is 13.5. The van der Waals surface area contributed by atoms with Crippen LogP contribution < -0.4 is 10.6 Å². The van der Waals surface area contributed by atoms with E-state index in [1.807, 2.05) is 0 Å². The van der Waals surface area contributed by atoms with E-state index in [0.29, 0.717) is 4.90 Å². The van der Waals surface area contributed by atoms with Crippen molar-refractivity contribution in [1.29, 1.82) is 0 Å². The molecule has 2 aromatic rings. The highest BCUT2D eigenvalue weighted by molar-refractivity contribution is 7.10. The van der Waals surface area contributed by atoms with Crippen molar-refractivity contribution in [2.45, 2.75) is 6.18 Å². The van der Waals surface area contributed by atoms with Gasteiger partial charge in [0.05, 0.1) is 5.56 Å². The average molecular weight is 395 g/mol. The van der Waals surface area contributed by atoms with Gasteiger partial charge in [0.15, 0.2) is 0 Å². The number of nitrogens with zero attached hydrogens (tertiary/aromatic N) is 1. The Morgan fingerprint density at radius 3 is 2.67 bits per heavy atom. The monoisotopic (exact) mass is 395 g/mol. The lowest BCUT2D eigenvalue weighted by atomic mass is 10.2. The summed E-state index contributed by atoms with van der Waals surface area (Å²) in [4.78, 5) is 37.7. The summed E-state index contributed by atoms with van der Waals surface area (Å²) in [7, 11) is 0. The van der Waals surface area contributed by atoms with E-state index < -0.39 is 36.1 Å². The van der Waals surface area contributed by atoms with Crippen LogP contribution in [0.2, 0.25) is 0 Å². The third-order valence-electron chi connectivity index (χ3n) is 3.57. The van der Waals surface area contributed by atoms with Gasteiger partial charge in [-0.25, -0.2) is 9.69 Å². The van der Waals surface area contributed by atoms with E-state index in [0.717, 1.165) is 23.1 Å². The van der Waals surface area contributed by atoms with E-state index in [2.05, 4.69) is 10.6 Å². The van der Waals surface area contributed by atoms with Crippen molar-refractivity contribution in [3.63, 3.8) is 0 Å². The maximum atomic E-state index is 12.7. The first kappa shape index (κ1) is 18.6. The molecule has 3 rings (SSSR count). The number of carbonyl (C=O) groups is 3. The SMILES string of the molecule is O=C(CN1C(=O)N/C(=C\c2cccs2)C1=O)Nc1cccc(C(F)(F)F)c1. The molecule has 0 spiro atoms. The molecule has 0 saturated carbocycles. The smallest absolute Gasteiger partial charge is 0.325 e. The van der Waals surface area contributed by atoms with Gasteiger partial charge in [-0.1, -0.05) is 12.1 Å². The highest BCUT2D eigenvalue weighted by atomic mass is 32.1. The van der Waals surface area contributed by atoms with Gasteiger partial charge in [-0.2, -0.15) is 13.2 Å². The fourth-order valence-corrected chi connectivity index (χ4v) is 3.01. The lowest BCUT2D eigenvalue weighted by Crippen LogP contribution is -2.38. The van der Waals surface area contributed by atoms with E-state index in [9.17, 15) is 27.6 Å². The number of hydrogen-bond donors (Lipinski definition) is 2. The second-order valence-electron chi connectivity index (χ2n) is 5.52. The molecule has 1 fully saturated rings. The fraction of sp³-hybridized carbons (Fsp3) is 0.118. The highest BCUT2D eigenvalue weighted by Gasteiger charge is 2.35. The van der Waals surface area contributed by atoms with E-state index in [1.165, 1.54) is 23.5 Å². The van der Waals surface area contributed by atoms with Crippen LogP contribution in [0.5, 0.6) is 0 Å². The number of benzene rings is 1. The molecule has 1 aliphatic heterocycles. The second-order valence-corrected chi connectivity index (χ2v) is 6.50. The number of urea groups is 1. The molecule has 2 N–H and O–H groups in total. The van der Waals surface area contributed by atoms with Crippen LogP contribution in [0.25, 0.3) is 6.08 Å². The van der Waals surface area contributed by atoms with Gasteiger partial charge in [0, 0.05) is 10.6 Å². The van der Waals surface area contributed by atoms with E-state index >= 15 is 0 Å². The van der Waals surface area contributed by atoms with Crippen LogP contribution in [-0.2, 0) is 15.8 Å². The summed E-state index contributed by atoms with van der Waals surface area (Å²) >= 11 is 1.36. The van der Waals surface area contributed by atoms with Gasteiger partial charge < -0.3 is 10.6 Å². The summed E-state index contributed by atoms with van der Waals surface area (Å²) in [5.41, 5.74) is -0.984. The molecule has 4 amide bonds. The van der Waals surface area contributed by atoms with Crippen molar-refractivity contribution in [1.82, 2.24) is 10.2 Å². The minimum absolute atomic E-state index is 0.0225. The molecular weight excluding hydrogens is 383 g/mol. The molecule has 1 aromatic heterocycles. The van der Waals surface area contributed by atoms with Gasteiger partial charge in [-0.3, -0.25) is 9.59 Å². The number of hydrogen-bond acceptors (Lipinski definition) is 4. The molecule has 1 saturated heterocycles. The topological polar surface area (TPSA) is 78.5 Å². The van der Waals surface area contributed by atoms with Crippen LogP contribution in [0.3, 0.4) is 0 Å². The van der Waals surface area contributed by atoms with Gasteiger partial charge in [-0.05, 0) is 35.7 Å². The number of carbonyl (C=O) groups excluding carboxylic acids is 3. The molecule has 0 radical (unpaired) electrons. The van der Waals surface area contributed by atoms with E-state index in [-0.39, 0.29) is 11.4 Å². The quantitative estimate of drug-likeness (QED) is 0.616. The molecular formula is C17H12F3N3O3S. The molecule has 1 aliphatic rings. The minimum atomic E-state index is -4.55. The van der Waals surface area contributed by atoms with Crippen molar-refractivity contribution in [3.05, 3.63) is 57.9 Å². The van der Waals surface area contributed by atoms with Gasteiger partial charge in [-0.15, -0.1) is 11.3 Å². The Morgan fingerprint density at radius 1 is 1.22 bits per heavy atom. The van der Waals surface area contributed by atoms with Crippen LogP contribution in [-0.4, -0.2) is 29.3 Å². The summed E-state index contributed by atoms with van der Waals surface area (Å²) in [5, 5.41) is 6.42. The van der Waals surface area contributed by atoms with Crippen molar-refractivity contribution in [2.75, 3.05) is 11.9 Å². The van der Waals surface area contributed by atoms with Gasteiger partial charge >= 0.3 is 12.2 Å². The molecule has 1 aromatic carbocycles. The van der Waals surface area contributed by atoms with E-state index in [1.54, 1.807) is 17.5 Å². The number of rotatable bonds is 4. The lowest BCUT2D eigenvalue weighted by molar-refractivity contribution is -0.137. The summed E-state index contributed by atoms with van der Waals surface area (Å²) in [5.74, 6) is -1.48. The summed E-state index contributed by atoms with van der Waals surface area (Å²) in [6.45, 7) is -0.622. The molecule has 27 heavy (non-hydrogen) atoms. The largest absolute Gasteiger partial charge is 0.416 e. The normalized spacial score (nSPS) is 16.0. The summed E-state index contributed by atoms with van der Waals surface area (Å²) in [6.07, 6.45) is -3.07. The first-order valence-electron chi connectivity index (χ1n) is 7.59. The number of anilines is 1. The van der Waals surface area contributed by atoms with Gasteiger partial charge in [0.25, 0.3) is 5.91 Å². The molecule has 6 nitrogen and oxygen atoms in total. The van der Waals surface area contributed by atoms with Crippen molar-refractivity contribution < 1.29 is 27.6 Å². The Bertz CT molecular complexity index is 923. The number of thiophene rings is 1. The Labute approximate surface area is 155 Å². The molecule has 0 aliphatic carbocycles. The van der Waals surface area contributed by atoms with Gasteiger partial charge in [0.1, 0.15) is 12.2 Å². The molecule has 0 unspecified atom stereocenters. The molecule has 140 valence electrons. The summed E-state index contributed by atoms with van der Waals surface area (Å²) in [6, 6.07) is 6.82. The third kappa shape index (κ3) is 4.34. The fourth-order valence-electron chi connectivity index (χ4n) is 2.35. The van der Waals surface area contributed by atoms with Gasteiger partial charge in [0.2, 0.25) is 5.91 Å². The lowest BCUT2D eigenvalue weighted by Gasteiger charge is -2.13. The van der Waals surface area contributed by atoms with Crippen LogP contribution in [0.1, 0.15) is 10.4 Å². The molecule has 2 heterocycles. The van der Waals surface area contributed by atoms with Crippen LogP contribution >= 0.6 is 11.3 Å². The standard InChI is InChI=1S/C17H12F3N3O3S/c18-17(19,20)10-3-1-4-11(7-10)21-14(24)9-23-15(25)13(22-16(23)26)8-12-5-2-6-27-12/h1-8H,9H2,(H,21,24)(H,22,26)/b13-8-. The number of alkyl halides is 3. The predicted molar refractivity (Wildman–Crippen MR) is 92.6 cm³/mol. The van der Waals surface area contributed by atoms with Crippen molar-refractivity contribution >= 4 is 40.9 Å². The first-order valence-corrected chi connectivity index (χ1v) is 8.47. The Hall–Kier alpha value is -3.14. The second kappa shape index (κ2) is 7.23. The third-order valence-corrected chi connectivity index (χ3v) is 4.39. The Kier molecular flexibility index (Phi) is 5.00. The minimum Gasteiger partial charge on any atom is -0.325 e. The Balaban J connectivity index is 1.68. The first-order chi connectivity index (χ1) is 12.7. The van der Waals surface area contributed by atoms with Crippen LogP contribution in [0, 0.1) is 0 Å². The number of nitrogens with one attached hydrogen (secondary N) is 2. The maximum absolute atomic E-state index is 12.7. The zero-order valence-corrected chi connectivity index (χ0v) is 14.4. The maximum Gasteiger partial charge on any atom is 0.416 e. The van der Waals surface area contributed by atoms with Crippen molar-refractivity contribution in [2.24, 2.45) is 0 Å². The number of imide groups is 1. The molecule has 0 bridgehead atoms. The number of halogens is 3. The summed E-state index contributed by atoms with van der Waals surface area (Å²) < 4.78 is 38.1. The zero-order chi connectivity index (χ0) is 19.6. The highest BCUT2D eigenvalue weighted by Crippen LogP contribution is 2.30. The number of amides is 4. The Morgan fingerprint density at radius 2 is 2.00 bits per heavy atom. The van der Waals surface area contributed by atoms with E-state index in [4.69, 9.17) is 0 Å². The average Bonchev–Trinajstić information content (AvgIpc) is 3.19. The van der Waals surface area contributed by atoms with Crippen molar-refractivity contribution in [3.8, 4) is 0 Å². The van der Waals surface area contributed by atoms with Crippen LogP contribution in [0.4, 0.5) is 23.7 Å². The molecule has 0 atom stereocenters.